The number of piperidine rings is 1. The summed E-state index contributed by atoms with van der Waals surface area (Å²) < 4.78 is 11.5. The van der Waals surface area contributed by atoms with E-state index in [0.29, 0.717) is 48.4 Å². The maximum atomic E-state index is 13.0. The molecule has 7 heteroatoms. The van der Waals surface area contributed by atoms with Crippen LogP contribution in [-0.4, -0.2) is 54.0 Å². The first-order valence-electron chi connectivity index (χ1n) is 11.9. The van der Waals surface area contributed by atoms with Gasteiger partial charge in [0.1, 0.15) is 18.4 Å². The van der Waals surface area contributed by atoms with Crippen molar-refractivity contribution in [3.63, 3.8) is 0 Å². The number of amides is 2. The van der Waals surface area contributed by atoms with E-state index in [-0.39, 0.29) is 11.8 Å². The quantitative estimate of drug-likeness (QED) is 0.719. The van der Waals surface area contributed by atoms with Crippen molar-refractivity contribution in [2.24, 2.45) is 5.41 Å². The third kappa shape index (κ3) is 3.79. The van der Waals surface area contributed by atoms with Gasteiger partial charge in [-0.3, -0.25) is 14.5 Å². The normalized spacial score (nSPS) is 23.4. The van der Waals surface area contributed by atoms with Gasteiger partial charge in [0.2, 0.25) is 5.91 Å². The van der Waals surface area contributed by atoms with E-state index in [4.69, 9.17) is 9.47 Å². The summed E-state index contributed by atoms with van der Waals surface area (Å²) in [5.41, 5.74) is 5.01. The molecule has 4 aliphatic heterocycles. The number of carbonyl (C=O) groups excluding carboxylic acids is 2. The second-order valence-corrected chi connectivity index (χ2v) is 10.1. The molecule has 2 aromatic carbocycles. The summed E-state index contributed by atoms with van der Waals surface area (Å²) in [6.07, 6.45) is 1.28. The third-order valence-electron chi connectivity index (χ3n) is 7.41. The molecule has 1 spiro atoms. The van der Waals surface area contributed by atoms with Crippen LogP contribution in [0.3, 0.4) is 0 Å². The van der Waals surface area contributed by atoms with Crippen molar-refractivity contribution in [1.29, 1.82) is 0 Å². The van der Waals surface area contributed by atoms with Crippen molar-refractivity contribution in [3.05, 3.63) is 77.0 Å². The molecule has 7 nitrogen and oxygen atoms in total. The number of nitrogens with one attached hydrogen (secondary N) is 1. The topological polar surface area (TPSA) is 71.1 Å². The number of hydrogen-bond donors (Lipinski definition) is 1. The predicted molar refractivity (Wildman–Crippen MR) is 126 cm³/mol. The first-order valence-corrected chi connectivity index (χ1v) is 11.9. The van der Waals surface area contributed by atoms with E-state index >= 15 is 0 Å². The molecular formula is C27H29N3O4. The summed E-state index contributed by atoms with van der Waals surface area (Å²) in [6, 6.07) is 13.6. The summed E-state index contributed by atoms with van der Waals surface area (Å²) in [5.74, 6) is 0.430. The van der Waals surface area contributed by atoms with Gasteiger partial charge in [-0.05, 0) is 36.1 Å². The van der Waals surface area contributed by atoms with Crippen molar-refractivity contribution < 1.29 is 19.1 Å². The van der Waals surface area contributed by atoms with Crippen molar-refractivity contribution >= 4 is 11.8 Å². The summed E-state index contributed by atoms with van der Waals surface area (Å²) >= 11 is 0. The Balaban J connectivity index is 1.08. The molecule has 0 aliphatic carbocycles. The summed E-state index contributed by atoms with van der Waals surface area (Å²) in [4.78, 5) is 29.6. The van der Waals surface area contributed by atoms with Gasteiger partial charge in [-0.25, -0.2) is 0 Å². The van der Waals surface area contributed by atoms with Gasteiger partial charge in [0.05, 0.1) is 19.8 Å². The maximum absolute atomic E-state index is 13.0. The van der Waals surface area contributed by atoms with Gasteiger partial charge in [-0.2, -0.15) is 0 Å². The van der Waals surface area contributed by atoms with Crippen molar-refractivity contribution in [2.75, 3.05) is 26.3 Å². The number of carbonyl (C=O) groups is 2. The highest BCUT2D eigenvalue weighted by Crippen LogP contribution is 2.38. The Hall–Kier alpha value is -3.16. The zero-order valence-electron chi connectivity index (χ0n) is 19.2. The highest BCUT2D eigenvalue weighted by Gasteiger charge is 2.48. The number of benzene rings is 2. The van der Waals surface area contributed by atoms with Gasteiger partial charge in [-0.15, -0.1) is 0 Å². The average Bonchev–Trinajstić information content (AvgIpc) is 3.11. The van der Waals surface area contributed by atoms with E-state index < -0.39 is 6.04 Å². The van der Waals surface area contributed by atoms with Crippen molar-refractivity contribution in [2.45, 2.75) is 38.6 Å². The first-order chi connectivity index (χ1) is 16.5. The molecule has 4 heterocycles. The van der Waals surface area contributed by atoms with Crippen LogP contribution in [-0.2, 0) is 29.2 Å². The van der Waals surface area contributed by atoms with Crippen LogP contribution in [0.15, 0.2) is 54.7 Å². The Morgan fingerprint density at radius 3 is 2.56 bits per heavy atom. The number of hydrogen-bond acceptors (Lipinski definition) is 5. The smallest absolute Gasteiger partial charge is 0.255 e. The lowest BCUT2D eigenvalue weighted by Gasteiger charge is -2.55. The van der Waals surface area contributed by atoms with Gasteiger partial charge >= 0.3 is 0 Å². The molecule has 6 rings (SSSR count). The van der Waals surface area contributed by atoms with Gasteiger partial charge < -0.3 is 19.7 Å². The summed E-state index contributed by atoms with van der Waals surface area (Å²) in [6.45, 7) is 9.69. The van der Waals surface area contributed by atoms with Gasteiger partial charge in [0.25, 0.3) is 5.91 Å². The van der Waals surface area contributed by atoms with E-state index in [1.165, 1.54) is 5.56 Å². The van der Waals surface area contributed by atoms with Gasteiger partial charge in [0.15, 0.2) is 0 Å². The van der Waals surface area contributed by atoms with E-state index in [1.54, 1.807) is 4.90 Å². The maximum Gasteiger partial charge on any atom is 0.255 e. The van der Waals surface area contributed by atoms with Gasteiger partial charge in [0, 0.05) is 41.9 Å². The Bertz CT molecular complexity index is 1150. The zero-order chi connectivity index (χ0) is 23.3. The highest BCUT2D eigenvalue weighted by molar-refractivity contribution is 6.02. The molecule has 0 bridgehead atoms. The Morgan fingerprint density at radius 2 is 1.85 bits per heavy atom. The number of rotatable bonds is 6. The molecule has 0 aromatic heterocycles. The number of fused-ring (bicyclic) bond motifs is 1. The zero-order valence-corrected chi connectivity index (χ0v) is 19.2. The Labute approximate surface area is 199 Å². The third-order valence-corrected chi connectivity index (χ3v) is 7.41. The fourth-order valence-corrected chi connectivity index (χ4v) is 5.52. The molecule has 3 fully saturated rings. The lowest BCUT2D eigenvalue weighted by Crippen LogP contribution is -2.65. The lowest BCUT2D eigenvalue weighted by atomic mass is 9.78. The number of allylic oxidation sites excluding steroid dienone is 1. The largest absolute Gasteiger partial charge is 0.489 e. The minimum Gasteiger partial charge on any atom is -0.489 e. The molecule has 176 valence electrons. The Kier molecular flexibility index (Phi) is 5.19. The minimum atomic E-state index is -0.469. The molecular weight excluding hydrogens is 430 g/mol. The van der Waals surface area contributed by atoms with Crippen LogP contribution >= 0.6 is 0 Å². The van der Waals surface area contributed by atoms with Crippen LogP contribution in [0.5, 0.6) is 5.75 Å². The molecule has 0 saturated carbocycles. The second-order valence-electron chi connectivity index (χ2n) is 10.1. The summed E-state index contributed by atoms with van der Waals surface area (Å²) in [7, 11) is 0. The molecule has 4 aliphatic rings. The Morgan fingerprint density at radius 1 is 1.09 bits per heavy atom. The fourth-order valence-electron chi connectivity index (χ4n) is 5.52. The molecule has 1 N–H and O–H groups in total. The molecule has 0 radical (unpaired) electrons. The van der Waals surface area contributed by atoms with E-state index in [0.717, 1.165) is 44.0 Å². The lowest BCUT2D eigenvalue weighted by molar-refractivity contribution is -0.191. The predicted octanol–water partition coefficient (Wildman–Crippen LogP) is 2.85. The number of likely N-dealkylation sites (tertiary alicyclic amines) is 1. The number of ether oxygens (including phenoxy) is 2. The number of nitrogens with zero attached hydrogens (tertiary/aromatic N) is 2. The van der Waals surface area contributed by atoms with Crippen molar-refractivity contribution in [3.8, 4) is 5.75 Å². The van der Waals surface area contributed by atoms with Gasteiger partial charge in [-0.1, -0.05) is 36.9 Å². The molecule has 3 saturated heterocycles. The molecule has 2 aromatic rings. The van der Waals surface area contributed by atoms with Crippen LogP contribution in [0.25, 0.3) is 0 Å². The van der Waals surface area contributed by atoms with Crippen LogP contribution in [0.1, 0.15) is 39.9 Å². The van der Waals surface area contributed by atoms with Crippen molar-refractivity contribution in [1.82, 2.24) is 15.1 Å². The van der Waals surface area contributed by atoms with E-state index in [1.807, 2.05) is 18.2 Å². The monoisotopic (exact) mass is 459 g/mol. The fraction of sp³-hybridized carbons (Fsp3) is 0.407. The average molecular weight is 460 g/mol. The molecule has 1 unspecified atom stereocenters. The standard InChI is InChI=1S/C27H29N3O4/c1-18-5-10-23(25(31)28-18)30-12-22-21(26(30)32)3-2-4-24(22)34-13-20-8-6-19(7-9-20)11-29-14-27(15-29)16-33-17-27/h2-4,6-9,23H,1,5,10-17H2,(H,28,31). The van der Waals surface area contributed by atoms with Crippen LogP contribution in [0.4, 0.5) is 0 Å². The minimum absolute atomic E-state index is 0.112. The molecule has 1 atom stereocenters. The van der Waals surface area contributed by atoms with Crippen LogP contribution in [0.2, 0.25) is 0 Å². The van der Waals surface area contributed by atoms with Crippen LogP contribution < -0.4 is 10.1 Å². The second kappa shape index (κ2) is 8.25. The van der Waals surface area contributed by atoms with E-state index in [9.17, 15) is 9.59 Å². The molecule has 34 heavy (non-hydrogen) atoms. The molecule has 2 amide bonds. The summed E-state index contributed by atoms with van der Waals surface area (Å²) in [5, 5.41) is 2.78. The van der Waals surface area contributed by atoms with E-state index in [2.05, 4.69) is 41.1 Å². The van der Waals surface area contributed by atoms with Crippen LogP contribution in [0, 0.1) is 5.41 Å². The first kappa shape index (κ1) is 21.4. The highest BCUT2D eigenvalue weighted by atomic mass is 16.5. The SMILES string of the molecule is C=C1CCC(N2Cc3c(OCc4ccc(CN5CC6(COC6)C5)cc4)cccc3C2=O)C(=O)N1.